The molecule has 1 fully saturated rings. The summed E-state index contributed by atoms with van der Waals surface area (Å²) < 4.78 is 13.1. The van der Waals surface area contributed by atoms with Crippen molar-refractivity contribution in [3.05, 3.63) is 35.6 Å². The summed E-state index contributed by atoms with van der Waals surface area (Å²) in [6.45, 7) is 1.46. The number of nitrogens with one attached hydrogen (secondary N) is 1. The molecule has 1 atom stereocenters. The molecule has 1 saturated heterocycles. The predicted octanol–water partition coefficient (Wildman–Crippen LogP) is 1.65. The number of likely N-dealkylation sites (N-methyl/N-ethyl adjacent to an activating group) is 1. The van der Waals surface area contributed by atoms with E-state index in [0.29, 0.717) is 18.2 Å². The van der Waals surface area contributed by atoms with Gasteiger partial charge in [0.15, 0.2) is 0 Å². The van der Waals surface area contributed by atoms with Gasteiger partial charge in [-0.15, -0.1) is 0 Å². The molecule has 4 heteroatoms. The van der Waals surface area contributed by atoms with E-state index in [1.54, 1.807) is 17.0 Å². The first-order chi connectivity index (χ1) is 8.20. The van der Waals surface area contributed by atoms with Crippen LogP contribution in [0.1, 0.15) is 23.2 Å². The number of rotatable bonds is 2. The monoisotopic (exact) mass is 236 g/mol. The van der Waals surface area contributed by atoms with Crippen LogP contribution < -0.4 is 5.32 Å². The van der Waals surface area contributed by atoms with Gasteiger partial charge in [-0.25, -0.2) is 4.39 Å². The third kappa shape index (κ3) is 2.82. The molecule has 1 amide bonds. The van der Waals surface area contributed by atoms with E-state index in [-0.39, 0.29) is 11.7 Å². The van der Waals surface area contributed by atoms with Gasteiger partial charge in [-0.3, -0.25) is 4.79 Å². The minimum absolute atomic E-state index is 0.0792. The number of hydrogen-bond donors (Lipinski definition) is 1. The zero-order chi connectivity index (χ0) is 12.3. The summed E-state index contributed by atoms with van der Waals surface area (Å²) in [5.41, 5.74) is 0.432. The Morgan fingerprint density at radius 2 is 2.35 bits per heavy atom. The third-order valence-electron chi connectivity index (χ3n) is 3.19. The molecule has 17 heavy (non-hydrogen) atoms. The number of nitrogens with zero attached hydrogens (tertiary/aromatic N) is 1. The third-order valence-corrected chi connectivity index (χ3v) is 3.19. The first-order valence-corrected chi connectivity index (χ1v) is 5.93. The van der Waals surface area contributed by atoms with E-state index in [9.17, 15) is 9.18 Å². The van der Waals surface area contributed by atoms with Crippen molar-refractivity contribution in [3.63, 3.8) is 0 Å². The van der Waals surface area contributed by atoms with E-state index in [4.69, 9.17) is 0 Å². The number of hydrogen-bond acceptors (Lipinski definition) is 2. The Kier molecular flexibility index (Phi) is 3.74. The van der Waals surface area contributed by atoms with Gasteiger partial charge in [-0.2, -0.15) is 0 Å². The Labute approximate surface area is 101 Å². The molecule has 1 aromatic carbocycles. The van der Waals surface area contributed by atoms with E-state index in [2.05, 4.69) is 5.32 Å². The average Bonchev–Trinajstić information content (AvgIpc) is 2.38. The molecule has 92 valence electrons. The lowest BCUT2D eigenvalue weighted by Crippen LogP contribution is -2.46. The molecule has 3 nitrogen and oxygen atoms in total. The highest BCUT2D eigenvalue weighted by molar-refractivity contribution is 5.94. The van der Waals surface area contributed by atoms with Crippen LogP contribution in [0.2, 0.25) is 0 Å². The molecule has 0 spiro atoms. The Balaban J connectivity index is 2.09. The standard InChI is InChI=1S/C13H17FN2O/c1-15-12-6-3-7-16(9-12)13(17)10-4-2-5-11(14)8-10/h2,4-5,8,12,15H,3,6-7,9H2,1H3/t12-/m0/s1. The maximum absolute atomic E-state index is 13.1. The van der Waals surface area contributed by atoms with Gasteiger partial charge in [0.2, 0.25) is 0 Å². The van der Waals surface area contributed by atoms with Crippen LogP contribution in [-0.4, -0.2) is 37.0 Å². The van der Waals surface area contributed by atoms with Gasteiger partial charge < -0.3 is 10.2 Å². The predicted molar refractivity (Wildman–Crippen MR) is 64.4 cm³/mol. The Morgan fingerprint density at radius 3 is 3.06 bits per heavy atom. The molecule has 0 bridgehead atoms. The summed E-state index contributed by atoms with van der Waals surface area (Å²) in [5, 5.41) is 3.18. The second-order valence-electron chi connectivity index (χ2n) is 4.39. The molecule has 0 saturated carbocycles. The van der Waals surface area contributed by atoms with E-state index in [1.165, 1.54) is 12.1 Å². The molecule has 0 radical (unpaired) electrons. The molecular formula is C13H17FN2O. The maximum Gasteiger partial charge on any atom is 0.254 e. The maximum atomic E-state index is 13.1. The van der Waals surface area contributed by atoms with Crippen molar-refractivity contribution in [1.82, 2.24) is 10.2 Å². The smallest absolute Gasteiger partial charge is 0.254 e. The lowest BCUT2D eigenvalue weighted by molar-refractivity contribution is 0.0697. The first-order valence-electron chi connectivity index (χ1n) is 5.93. The molecule has 1 heterocycles. The van der Waals surface area contributed by atoms with E-state index in [0.717, 1.165) is 19.4 Å². The fraction of sp³-hybridized carbons (Fsp3) is 0.462. The van der Waals surface area contributed by atoms with Crippen LogP contribution in [0, 0.1) is 5.82 Å². The van der Waals surface area contributed by atoms with Gasteiger partial charge in [-0.05, 0) is 38.1 Å². The van der Waals surface area contributed by atoms with Gasteiger partial charge in [0.1, 0.15) is 5.82 Å². The van der Waals surface area contributed by atoms with E-state index < -0.39 is 0 Å². The summed E-state index contributed by atoms with van der Waals surface area (Å²) in [6.07, 6.45) is 2.08. The molecule has 0 unspecified atom stereocenters. The minimum Gasteiger partial charge on any atom is -0.337 e. The Morgan fingerprint density at radius 1 is 1.53 bits per heavy atom. The second kappa shape index (κ2) is 5.27. The largest absolute Gasteiger partial charge is 0.337 e. The van der Waals surface area contributed by atoms with E-state index >= 15 is 0 Å². The van der Waals surface area contributed by atoms with Crippen LogP contribution >= 0.6 is 0 Å². The Bertz CT molecular complexity index is 408. The number of piperidine rings is 1. The molecule has 1 aromatic rings. The zero-order valence-electron chi connectivity index (χ0n) is 9.95. The molecule has 0 aromatic heterocycles. The van der Waals surface area contributed by atoms with Gasteiger partial charge in [-0.1, -0.05) is 6.07 Å². The average molecular weight is 236 g/mol. The number of amides is 1. The second-order valence-corrected chi connectivity index (χ2v) is 4.39. The van der Waals surface area contributed by atoms with E-state index in [1.807, 2.05) is 7.05 Å². The van der Waals surface area contributed by atoms with Crippen molar-refractivity contribution in [2.75, 3.05) is 20.1 Å². The number of carbonyl (C=O) groups is 1. The number of benzene rings is 1. The minimum atomic E-state index is -0.363. The van der Waals surface area contributed by atoms with Crippen molar-refractivity contribution < 1.29 is 9.18 Å². The fourth-order valence-corrected chi connectivity index (χ4v) is 2.20. The highest BCUT2D eigenvalue weighted by Crippen LogP contribution is 2.14. The van der Waals surface area contributed by atoms with Crippen molar-refractivity contribution in [1.29, 1.82) is 0 Å². The fourth-order valence-electron chi connectivity index (χ4n) is 2.20. The van der Waals surface area contributed by atoms with Gasteiger partial charge in [0, 0.05) is 24.7 Å². The lowest BCUT2D eigenvalue weighted by atomic mass is 10.0. The molecule has 1 aliphatic rings. The molecular weight excluding hydrogens is 219 g/mol. The quantitative estimate of drug-likeness (QED) is 0.846. The van der Waals surface area contributed by atoms with Crippen LogP contribution in [0.4, 0.5) is 4.39 Å². The van der Waals surface area contributed by atoms with Gasteiger partial charge in [0.25, 0.3) is 5.91 Å². The molecule has 2 rings (SSSR count). The summed E-state index contributed by atoms with van der Waals surface area (Å²) >= 11 is 0. The first kappa shape index (κ1) is 12.0. The van der Waals surface area contributed by atoms with Crippen molar-refractivity contribution in [2.45, 2.75) is 18.9 Å². The van der Waals surface area contributed by atoms with Crippen molar-refractivity contribution in [3.8, 4) is 0 Å². The van der Waals surface area contributed by atoms with Crippen LogP contribution in [0.25, 0.3) is 0 Å². The summed E-state index contributed by atoms with van der Waals surface area (Å²) in [6, 6.07) is 6.23. The van der Waals surface area contributed by atoms with Crippen molar-refractivity contribution in [2.24, 2.45) is 0 Å². The molecule has 1 aliphatic heterocycles. The van der Waals surface area contributed by atoms with Crippen LogP contribution in [0.3, 0.4) is 0 Å². The van der Waals surface area contributed by atoms with Crippen LogP contribution in [0.5, 0.6) is 0 Å². The lowest BCUT2D eigenvalue weighted by Gasteiger charge is -2.32. The van der Waals surface area contributed by atoms with Crippen LogP contribution in [-0.2, 0) is 0 Å². The topological polar surface area (TPSA) is 32.3 Å². The number of likely N-dealkylation sites (tertiary alicyclic amines) is 1. The Hall–Kier alpha value is -1.42. The van der Waals surface area contributed by atoms with Crippen LogP contribution in [0.15, 0.2) is 24.3 Å². The molecule has 1 N–H and O–H groups in total. The summed E-state index contributed by atoms with van der Waals surface area (Å²) in [5.74, 6) is -0.442. The van der Waals surface area contributed by atoms with Gasteiger partial charge in [0.05, 0.1) is 0 Å². The number of carbonyl (C=O) groups excluding carboxylic acids is 1. The van der Waals surface area contributed by atoms with Crippen molar-refractivity contribution >= 4 is 5.91 Å². The van der Waals surface area contributed by atoms with Gasteiger partial charge >= 0.3 is 0 Å². The number of halogens is 1. The summed E-state index contributed by atoms with van der Waals surface area (Å²) in [7, 11) is 1.90. The summed E-state index contributed by atoms with van der Waals surface area (Å²) in [4.78, 5) is 13.9. The highest BCUT2D eigenvalue weighted by atomic mass is 19.1. The zero-order valence-corrected chi connectivity index (χ0v) is 9.95. The normalized spacial score (nSPS) is 20.4. The SMILES string of the molecule is CN[C@H]1CCCN(C(=O)c2cccc(F)c2)C1. The highest BCUT2D eigenvalue weighted by Gasteiger charge is 2.23. The molecule has 0 aliphatic carbocycles.